The highest BCUT2D eigenvalue weighted by Crippen LogP contribution is 2.49. The van der Waals surface area contributed by atoms with E-state index in [1.807, 2.05) is 12.1 Å². The van der Waals surface area contributed by atoms with Crippen molar-refractivity contribution in [3.05, 3.63) is 29.8 Å². The zero-order valence-electron chi connectivity index (χ0n) is 14.7. The molecule has 1 aliphatic carbocycles. The van der Waals surface area contributed by atoms with Crippen LogP contribution in [0.3, 0.4) is 0 Å². The van der Waals surface area contributed by atoms with Crippen LogP contribution in [0.4, 0.5) is 0 Å². The van der Waals surface area contributed by atoms with Crippen LogP contribution < -0.4 is 10.1 Å². The number of methoxy groups -OCH3 is 2. The van der Waals surface area contributed by atoms with Gasteiger partial charge in [-0.1, -0.05) is 12.1 Å². The molecule has 1 saturated carbocycles. The van der Waals surface area contributed by atoms with Gasteiger partial charge >= 0.3 is 0 Å². The van der Waals surface area contributed by atoms with Gasteiger partial charge in [-0.15, -0.1) is 0 Å². The van der Waals surface area contributed by atoms with Crippen LogP contribution in [0.5, 0.6) is 5.75 Å². The molecule has 5 heteroatoms. The topological polar surface area (TPSA) is 50.8 Å². The number of hydrogen-bond donors (Lipinski definition) is 1. The average molecular weight is 332 g/mol. The van der Waals surface area contributed by atoms with Crippen LogP contribution in [-0.4, -0.2) is 50.8 Å². The van der Waals surface area contributed by atoms with Gasteiger partial charge in [0.25, 0.3) is 0 Å². The number of likely N-dealkylation sites (tertiary alicyclic amines) is 1. The largest absolute Gasteiger partial charge is 0.497 e. The third kappa shape index (κ3) is 3.73. The Labute approximate surface area is 144 Å². The summed E-state index contributed by atoms with van der Waals surface area (Å²) in [5, 5.41) is 3.16. The second kappa shape index (κ2) is 7.53. The molecule has 132 valence electrons. The lowest BCUT2D eigenvalue weighted by Gasteiger charge is -2.54. The van der Waals surface area contributed by atoms with E-state index >= 15 is 0 Å². The molecule has 1 aliphatic heterocycles. The number of carbonyl (C=O) groups is 1. The molecule has 1 unspecified atom stereocenters. The average Bonchev–Trinajstić information content (AvgIpc) is 2.60. The summed E-state index contributed by atoms with van der Waals surface area (Å²) in [7, 11) is 3.27. The maximum atomic E-state index is 11.8. The molecule has 1 aromatic carbocycles. The van der Waals surface area contributed by atoms with Crippen LogP contribution in [0.25, 0.3) is 0 Å². The lowest BCUT2D eigenvalue weighted by Crippen LogP contribution is -2.59. The van der Waals surface area contributed by atoms with Gasteiger partial charge in [-0.05, 0) is 61.9 Å². The lowest BCUT2D eigenvalue weighted by molar-refractivity contribution is -0.129. The van der Waals surface area contributed by atoms with Gasteiger partial charge < -0.3 is 14.8 Å². The van der Waals surface area contributed by atoms with Gasteiger partial charge in [-0.2, -0.15) is 0 Å². The van der Waals surface area contributed by atoms with Gasteiger partial charge in [0.15, 0.2) is 0 Å². The molecule has 1 heterocycles. The number of amides is 1. The quantitative estimate of drug-likeness (QED) is 0.868. The predicted molar refractivity (Wildman–Crippen MR) is 93.0 cm³/mol. The summed E-state index contributed by atoms with van der Waals surface area (Å²) in [6.07, 6.45) is 4.66. The van der Waals surface area contributed by atoms with Crippen molar-refractivity contribution in [2.45, 2.75) is 38.3 Å². The normalized spacial score (nSPS) is 22.8. The first-order valence-corrected chi connectivity index (χ1v) is 8.79. The fourth-order valence-corrected chi connectivity index (χ4v) is 4.07. The first-order valence-electron chi connectivity index (χ1n) is 8.79. The lowest BCUT2D eigenvalue weighted by atomic mass is 9.59. The first kappa shape index (κ1) is 17.2. The molecule has 0 bridgehead atoms. The van der Waals surface area contributed by atoms with Gasteiger partial charge in [-0.3, -0.25) is 9.69 Å². The smallest absolute Gasteiger partial charge is 0.246 e. The predicted octanol–water partition coefficient (Wildman–Crippen LogP) is 2.20. The number of nitrogens with one attached hydrogen (secondary N) is 1. The zero-order valence-corrected chi connectivity index (χ0v) is 14.7. The van der Waals surface area contributed by atoms with Gasteiger partial charge in [0, 0.05) is 19.7 Å². The van der Waals surface area contributed by atoms with Gasteiger partial charge in [0.2, 0.25) is 5.91 Å². The van der Waals surface area contributed by atoms with E-state index < -0.39 is 0 Å². The number of nitrogens with zero attached hydrogens (tertiary/aromatic N) is 1. The molecule has 5 nitrogen and oxygen atoms in total. The van der Waals surface area contributed by atoms with E-state index in [1.165, 1.54) is 12.0 Å². The fraction of sp³-hybridized carbons (Fsp3) is 0.632. The van der Waals surface area contributed by atoms with Crippen LogP contribution >= 0.6 is 0 Å². The Kier molecular flexibility index (Phi) is 5.41. The summed E-state index contributed by atoms with van der Waals surface area (Å²) in [4.78, 5) is 14.3. The Morgan fingerprint density at radius 3 is 2.71 bits per heavy atom. The second-order valence-electron chi connectivity index (χ2n) is 7.08. The van der Waals surface area contributed by atoms with Crippen molar-refractivity contribution in [3.8, 4) is 5.75 Å². The molecule has 0 aromatic heterocycles. The molecule has 2 fully saturated rings. The van der Waals surface area contributed by atoms with Crippen molar-refractivity contribution in [2.75, 3.05) is 33.9 Å². The summed E-state index contributed by atoms with van der Waals surface area (Å²) >= 11 is 0. The Balaban J connectivity index is 1.51. The standard InChI is InChI=1S/C19H28N2O3/c1-23-14-18(22)20-17-6-7-19(17)8-10-21(11-9-19)13-15-4-3-5-16(12-15)24-2/h3-5,12,17H,6-11,13-14H2,1-2H3,(H,20,22). The Morgan fingerprint density at radius 2 is 2.08 bits per heavy atom. The third-order valence-corrected chi connectivity index (χ3v) is 5.67. The van der Waals surface area contributed by atoms with Crippen molar-refractivity contribution in [3.63, 3.8) is 0 Å². The number of carbonyl (C=O) groups excluding carboxylic acids is 1. The second-order valence-corrected chi connectivity index (χ2v) is 7.08. The van der Waals surface area contributed by atoms with E-state index in [-0.39, 0.29) is 12.5 Å². The number of benzene rings is 1. The van der Waals surface area contributed by atoms with E-state index in [2.05, 4.69) is 22.3 Å². The van der Waals surface area contributed by atoms with E-state index in [4.69, 9.17) is 9.47 Å². The number of hydrogen-bond acceptors (Lipinski definition) is 4. The molecule has 1 spiro atoms. The number of rotatable bonds is 6. The van der Waals surface area contributed by atoms with Crippen molar-refractivity contribution in [1.82, 2.24) is 10.2 Å². The minimum atomic E-state index is 0.0142. The SMILES string of the molecule is COCC(=O)NC1CCC12CCN(Cc1cccc(OC)c1)CC2. The highest BCUT2D eigenvalue weighted by molar-refractivity contribution is 5.77. The monoisotopic (exact) mass is 332 g/mol. The van der Waals surface area contributed by atoms with Crippen LogP contribution in [0, 0.1) is 5.41 Å². The van der Waals surface area contributed by atoms with E-state index in [0.717, 1.165) is 44.6 Å². The molecule has 1 aromatic rings. The molecule has 1 atom stereocenters. The van der Waals surface area contributed by atoms with E-state index in [9.17, 15) is 4.79 Å². The first-order chi connectivity index (χ1) is 11.6. The van der Waals surface area contributed by atoms with Crippen LogP contribution in [0.15, 0.2) is 24.3 Å². The summed E-state index contributed by atoms with van der Waals surface area (Å²) in [5.41, 5.74) is 1.61. The van der Waals surface area contributed by atoms with Crippen molar-refractivity contribution in [1.29, 1.82) is 0 Å². The van der Waals surface area contributed by atoms with Gasteiger partial charge in [0.05, 0.1) is 7.11 Å². The summed E-state index contributed by atoms with van der Waals surface area (Å²) in [5.74, 6) is 0.932. The Hall–Kier alpha value is -1.59. The van der Waals surface area contributed by atoms with Crippen molar-refractivity contribution >= 4 is 5.91 Å². The summed E-state index contributed by atoms with van der Waals surface area (Å²) in [6.45, 7) is 3.31. The van der Waals surface area contributed by atoms with Crippen molar-refractivity contribution < 1.29 is 14.3 Å². The minimum Gasteiger partial charge on any atom is -0.497 e. The molecule has 1 amide bonds. The zero-order chi connectivity index (χ0) is 17.0. The summed E-state index contributed by atoms with van der Waals surface area (Å²) < 4.78 is 10.2. The molecule has 1 saturated heterocycles. The van der Waals surface area contributed by atoms with Crippen molar-refractivity contribution in [2.24, 2.45) is 5.41 Å². The van der Waals surface area contributed by atoms with Crippen LogP contribution in [0.2, 0.25) is 0 Å². The maximum absolute atomic E-state index is 11.8. The molecule has 1 N–H and O–H groups in total. The van der Waals surface area contributed by atoms with Crippen LogP contribution in [-0.2, 0) is 16.1 Å². The van der Waals surface area contributed by atoms with Gasteiger partial charge in [0.1, 0.15) is 12.4 Å². The van der Waals surface area contributed by atoms with E-state index in [0.29, 0.717) is 11.5 Å². The molecule has 0 radical (unpaired) electrons. The minimum absolute atomic E-state index is 0.0142. The Morgan fingerprint density at radius 1 is 1.29 bits per heavy atom. The third-order valence-electron chi connectivity index (χ3n) is 5.67. The molecular formula is C19H28N2O3. The Bertz CT molecular complexity index is 567. The molecular weight excluding hydrogens is 304 g/mol. The molecule has 2 aliphatic rings. The highest BCUT2D eigenvalue weighted by atomic mass is 16.5. The summed E-state index contributed by atoms with van der Waals surface area (Å²) in [6, 6.07) is 8.63. The molecule has 3 rings (SSSR count). The number of ether oxygens (including phenoxy) is 2. The van der Waals surface area contributed by atoms with E-state index in [1.54, 1.807) is 14.2 Å². The number of piperidine rings is 1. The fourth-order valence-electron chi connectivity index (χ4n) is 4.07. The maximum Gasteiger partial charge on any atom is 0.246 e. The van der Waals surface area contributed by atoms with Gasteiger partial charge in [-0.25, -0.2) is 0 Å². The van der Waals surface area contributed by atoms with Crippen LogP contribution in [0.1, 0.15) is 31.2 Å². The highest BCUT2D eigenvalue weighted by Gasteiger charge is 2.48. The molecule has 24 heavy (non-hydrogen) atoms.